The van der Waals surface area contributed by atoms with Gasteiger partial charge in [-0.15, -0.1) is 5.10 Å². The van der Waals surface area contributed by atoms with Crippen LogP contribution in [0.15, 0.2) is 54.6 Å². The van der Waals surface area contributed by atoms with Crippen LogP contribution in [0.1, 0.15) is 34.9 Å². The molecule has 1 saturated carbocycles. The highest BCUT2D eigenvalue weighted by Crippen LogP contribution is 2.42. The number of carbonyl (C=O) groups excluding carboxylic acids is 2. The van der Waals surface area contributed by atoms with Gasteiger partial charge in [-0.2, -0.15) is 0 Å². The Hall–Kier alpha value is -3.68. The summed E-state index contributed by atoms with van der Waals surface area (Å²) < 4.78 is 1.76. The Morgan fingerprint density at radius 2 is 1.86 bits per heavy atom. The van der Waals surface area contributed by atoms with Crippen molar-refractivity contribution in [3.8, 4) is 5.69 Å². The summed E-state index contributed by atoms with van der Waals surface area (Å²) in [6, 6.07) is 16.9. The lowest BCUT2D eigenvalue weighted by molar-refractivity contribution is 0.102. The Morgan fingerprint density at radius 1 is 1.07 bits per heavy atom. The number of rotatable bonds is 5. The number of carbonyl (C=O) groups is 2. The van der Waals surface area contributed by atoms with Crippen molar-refractivity contribution < 1.29 is 9.59 Å². The Morgan fingerprint density at radius 3 is 2.59 bits per heavy atom. The van der Waals surface area contributed by atoms with Crippen molar-refractivity contribution in [3.05, 3.63) is 66.0 Å². The molecule has 2 fully saturated rings. The molecule has 1 aliphatic heterocycles. The summed E-state index contributed by atoms with van der Waals surface area (Å²) in [4.78, 5) is 26.5. The third-order valence-corrected chi connectivity index (χ3v) is 5.16. The maximum atomic E-state index is 13.0. The normalized spacial score (nSPS) is 16.0. The number of benzene rings is 2. The molecule has 3 amide bonds. The van der Waals surface area contributed by atoms with Crippen LogP contribution in [0.5, 0.6) is 0 Å². The largest absolute Gasteiger partial charge is 0.336 e. The number of aromatic nitrogens is 3. The number of hydrogen-bond donors (Lipinski definition) is 2. The summed E-state index contributed by atoms with van der Waals surface area (Å²) in [5.41, 5.74) is 3.45. The molecule has 2 aliphatic rings. The summed E-state index contributed by atoms with van der Waals surface area (Å²) in [6.45, 7) is 1.22. The maximum absolute atomic E-state index is 13.0. The third-order valence-electron chi connectivity index (χ3n) is 5.16. The minimum atomic E-state index is -0.294. The Bertz CT molecular complexity index is 1070. The van der Waals surface area contributed by atoms with Crippen molar-refractivity contribution in [2.45, 2.75) is 18.8 Å². The summed E-state index contributed by atoms with van der Waals surface area (Å²) in [5, 5.41) is 14.1. The van der Waals surface area contributed by atoms with Crippen LogP contribution < -0.4 is 15.5 Å². The fourth-order valence-corrected chi connectivity index (χ4v) is 3.59. The molecule has 0 spiro atoms. The molecule has 2 heterocycles. The minimum Gasteiger partial charge on any atom is -0.336 e. The first-order chi connectivity index (χ1) is 14.2. The van der Waals surface area contributed by atoms with E-state index in [-0.39, 0.29) is 11.9 Å². The van der Waals surface area contributed by atoms with Crippen molar-refractivity contribution >= 4 is 23.3 Å². The molecule has 5 rings (SSSR count). The average molecular weight is 388 g/mol. The van der Waals surface area contributed by atoms with Crippen LogP contribution in [0.25, 0.3) is 5.69 Å². The number of nitrogens with zero attached hydrogens (tertiary/aromatic N) is 4. The van der Waals surface area contributed by atoms with Crippen molar-refractivity contribution in [1.29, 1.82) is 0 Å². The van der Waals surface area contributed by atoms with Gasteiger partial charge >= 0.3 is 6.03 Å². The van der Waals surface area contributed by atoms with Gasteiger partial charge in [0.2, 0.25) is 0 Å². The number of para-hydroxylation sites is 1. The van der Waals surface area contributed by atoms with E-state index in [9.17, 15) is 9.59 Å². The predicted molar refractivity (Wildman–Crippen MR) is 108 cm³/mol. The Balaban J connectivity index is 1.42. The van der Waals surface area contributed by atoms with Crippen LogP contribution in [0.2, 0.25) is 0 Å². The van der Waals surface area contributed by atoms with Gasteiger partial charge in [0.05, 0.1) is 11.4 Å². The van der Waals surface area contributed by atoms with E-state index >= 15 is 0 Å². The average Bonchev–Trinajstić information content (AvgIpc) is 3.33. The van der Waals surface area contributed by atoms with Gasteiger partial charge in [-0.3, -0.25) is 9.69 Å². The standard InChI is InChI=1S/C21H20N6O2/c28-20(23-15-5-4-8-17(13-15)26-12-11-22-21(26)29)18-19(14-9-10-14)27(25-24-18)16-6-2-1-3-7-16/h1-8,13-14H,9-12H2,(H,22,29)(H,23,28). The van der Waals surface area contributed by atoms with E-state index in [1.54, 1.807) is 21.7 Å². The smallest absolute Gasteiger partial charge is 0.321 e. The summed E-state index contributed by atoms with van der Waals surface area (Å²) in [7, 11) is 0. The number of anilines is 2. The Labute approximate surface area is 167 Å². The molecular weight excluding hydrogens is 368 g/mol. The number of urea groups is 1. The molecule has 0 unspecified atom stereocenters. The maximum Gasteiger partial charge on any atom is 0.321 e. The lowest BCUT2D eigenvalue weighted by Crippen LogP contribution is -2.27. The molecule has 0 atom stereocenters. The monoisotopic (exact) mass is 388 g/mol. The van der Waals surface area contributed by atoms with Crippen molar-refractivity contribution in [2.24, 2.45) is 0 Å². The molecule has 2 N–H and O–H groups in total. The summed E-state index contributed by atoms with van der Waals surface area (Å²) >= 11 is 0. The second-order valence-corrected chi connectivity index (χ2v) is 7.23. The van der Waals surface area contributed by atoms with E-state index in [4.69, 9.17) is 0 Å². The Kier molecular flexibility index (Phi) is 4.23. The van der Waals surface area contributed by atoms with Crippen LogP contribution in [0.4, 0.5) is 16.2 Å². The second kappa shape index (κ2) is 7.05. The molecule has 1 aromatic heterocycles. The van der Waals surface area contributed by atoms with E-state index in [0.717, 1.165) is 29.9 Å². The van der Waals surface area contributed by atoms with Crippen LogP contribution in [-0.2, 0) is 0 Å². The fraction of sp³-hybridized carbons (Fsp3) is 0.238. The van der Waals surface area contributed by atoms with E-state index in [1.807, 2.05) is 42.5 Å². The van der Waals surface area contributed by atoms with Crippen LogP contribution in [0, 0.1) is 0 Å². The molecule has 146 valence electrons. The van der Waals surface area contributed by atoms with Crippen LogP contribution >= 0.6 is 0 Å². The minimum absolute atomic E-state index is 0.129. The van der Waals surface area contributed by atoms with Gasteiger partial charge in [-0.05, 0) is 43.2 Å². The highest BCUT2D eigenvalue weighted by atomic mass is 16.2. The second-order valence-electron chi connectivity index (χ2n) is 7.23. The van der Waals surface area contributed by atoms with E-state index in [2.05, 4.69) is 20.9 Å². The van der Waals surface area contributed by atoms with Gasteiger partial charge in [0, 0.05) is 30.4 Å². The topological polar surface area (TPSA) is 92.2 Å². The van der Waals surface area contributed by atoms with E-state index in [1.165, 1.54) is 0 Å². The number of amides is 3. The number of hydrogen-bond acceptors (Lipinski definition) is 4. The quantitative estimate of drug-likeness (QED) is 0.703. The van der Waals surface area contributed by atoms with Gasteiger partial charge < -0.3 is 10.6 Å². The zero-order chi connectivity index (χ0) is 19.8. The zero-order valence-corrected chi connectivity index (χ0v) is 15.7. The molecule has 2 aromatic carbocycles. The van der Waals surface area contributed by atoms with Crippen molar-refractivity contribution in [2.75, 3.05) is 23.3 Å². The first-order valence-electron chi connectivity index (χ1n) is 9.68. The highest BCUT2D eigenvalue weighted by Gasteiger charge is 2.34. The van der Waals surface area contributed by atoms with Gasteiger partial charge in [0.1, 0.15) is 0 Å². The lowest BCUT2D eigenvalue weighted by Gasteiger charge is -2.15. The van der Waals surface area contributed by atoms with Crippen LogP contribution in [-0.4, -0.2) is 40.0 Å². The summed E-state index contributed by atoms with van der Waals surface area (Å²) in [5.74, 6) is 0.00249. The molecule has 1 saturated heterocycles. The SMILES string of the molecule is O=C(Nc1cccc(N2CCNC2=O)c1)c1nnn(-c2ccccc2)c1C1CC1. The first-order valence-corrected chi connectivity index (χ1v) is 9.68. The molecule has 1 aliphatic carbocycles. The molecule has 0 radical (unpaired) electrons. The van der Waals surface area contributed by atoms with Gasteiger partial charge in [0.25, 0.3) is 5.91 Å². The molecule has 8 nitrogen and oxygen atoms in total. The molecule has 3 aromatic rings. The third kappa shape index (κ3) is 3.33. The van der Waals surface area contributed by atoms with E-state index < -0.39 is 0 Å². The molecule has 8 heteroatoms. The predicted octanol–water partition coefficient (Wildman–Crippen LogP) is 2.93. The lowest BCUT2D eigenvalue weighted by atomic mass is 10.2. The summed E-state index contributed by atoms with van der Waals surface area (Å²) in [6.07, 6.45) is 2.06. The van der Waals surface area contributed by atoms with Gasteiger partial charge in [-0.1, -0.05) is 29.5 Å². The van der Waals surface area contributed by atoms with Crippen molar-refractivity contribution in [1.82, 2.24) is 20.3 Å². The van der Waals surface area contributed by atoms with Crippen molar-refractivity contribution in [3.63, 3.8) is 0 Å². The molecular formula is C21H20N6O2. The van der Waals surface area contributed by atoms with E-state index in [0.29, 0.717) is 30.4 Å². The molecule has 29 heavy (non-hydrogen) atoms. The van der Waals surface area contributed by atoms with Crippen LogP contribution in [0.3, 0.4) is 0 Å². The number of nitrogens with one attached hydrogen (secondary N) is 2. The van der Waals surface area contributed by atoms with Gasteiger partial charge in [-0.25, -0.2) is 9.48 Å². The zero-order valence-electron chi connectivity index (χ0n) is 15.7. The fourth-order valence-electron chi connectivity index (χ4n) is 3.59. The highest BCUT2D eigenvalue weighted by molar-refractivity contribution is 6.04. The first kappa shape index (κ1) is 17.4. The van der Waals surface area contributed by atoms with Gasteiger partial charge in [0.15, 0.2) is 5.69 Å². The molecule has 0 bridgehead atoms.